The highest BCUT2D eigenvalue weighted by Crippen LogP contribution is 2.37. The number of likely N-dealkylation sites (tertiary alicyclic amines) is 1. The molecule has 1 saturated carbocycles. The number of carbonyl (C=O) groups excluding carboxylic acids is 1. The third kappa shape index (κ3) is 1.97. The number of rotatable bonds is 1. The predicted molar refractivity (Wildman–Crippen MR) is 67.8 cm³/mol. The zero-order valence-electron chi connectivity index (χ0n) is 10.1. The molecule has 1 aromatic rings. The van der Waals surface area contributed by atoms with Crippen LogP contribution in [0.1, 0.15) is 42.5 Å². The van der Waals surface area contributed by atoms with Crippen LogP contribution < -0.4 is 0 Å². The van der Waals surface area contributed by atoms with Crippen molar-refractivity contribution in [3.05, 3.63) is 35.9 Å². The summed E-state index contributed by atoms with van der Waals surface area (Å²) in [4.78, 5) is 14.6. The van der Waals surface area contributed by atoms with E-state index >= 15 is 0 Å². The quantitative estimate of drug-likeness (QED) is 0.724. The Kier molecular flexibility index (Phi) is 2.87. The molecular weight excluding hydrogens is 210 g/mol. The van der Waals surface area contributed by atoms with Crippen molar-refractivity contribution < 1.29 is 4.79 Å². The van der Waals surface area contributed by atoms with E-state index in [9.17, 15) is 4.79 Å². The van der Waals surface area contributed by atoms with Crippen molar-refractivity contribution >= 4 is 5.91 Å². The van der Waals surface area contributed by atoms with E-state index in [1.54, 1.807) is 0 Å². The van der Waals surface area contributed by atoms with Crippen molar-refractivity contribution in [3.8, 4) is 0 Å². The molecule has 0 spiro atoms. The second-order valence-electron chi connectivity index (χ2n) is 5.27. The molecule has 1 aliphatic carbocycles. The molecule has 1 aromatic carbocycles. The summed E-state index contributed by atoms with van der Waals surface area (Å²) in [6.07, 6.45) is 6.34. The van der Waals surface area contributed by atoms with Crippen molar-refractivity contribution in [2.24, 2.45) is 5.92 Å². The van der Waals surface area contributed by atoms with Gasteiger partial charge in [-0.3, -0.25) is 4.79 Å². The number of fused-ring (bicyclic) bond motifs is 1. The fourth-order valence-electron chi connectivity index (χ4n) is 3.45. The van der Waals surface area contributed by atoms with Crippen molar-refractivity contribution in [2.75, 3.05) is 6.54 Å². The number of piperidine rings is 1. The highest BCUT2D eigenvalue weighted by atomic mass is 16.2. The first-order valence-electron chi connectivity index (χ1n) is 6.72. The molecule has 2 nitrogen and oxygen atoms in total. The molecule has 0 N–H and O–H groups in total. The van der Waals surface area contributed by atoms with Gasteiger partial charge in [0.15, 0.2) is 0 Å². The van der Waals surface area contributed by atoms with Gasteiger partial charge in [0.25, 0.3) is 5.91 Å². The van der Waals surface area contributed by atoms with Crippen LogP contribution in [0.25, 0.3) is 0 Å². The molecule has 0 aromatic heterocycles. The topological polar surface area (TPSA) is 20.3 Å². The fourth-order valence-corrected chi connectivity index (χ4v) is 3.45. The summed E-state index contributed by atoms with van der Waals surface area (Å²) < 4.78 is 0. The second kappa shape index (κ2) is 4.52. The Morgan fingerprint density at radius 2 is 1.82 bits per heavy atom. The summed E-state index contributed by atoms with van der Waals surface area (Å²) in [7, 11) is 0. The Bertz CT molecular complexity index is 401. The molecule has 0 radical (unpaired) electrons. The van der Waals surface area contributed by atoms with Gasteiger partial charge in [-0.1, -0.05) is 24.6 Å². The van der Waals surface area contributed by atoms with Crippen LogP contribution in [-0.4, -0.2) is 23.4 Å². The number of carbonyl (C=O) groups is 1. The molecule has 90 valence electrons. The normalized spacial score (nSPS) is 27.9. The van der Waals surface area contributed by atoms with Crippen LogP contribution in [0.15, 0.2) is 30.3 Å². The first kappa shape index (κ1) is 10.8. The van der Waals surface area contributed by atoms with Crippen LogP contribution in [0.3, 0.4) is 0 Å². The molecule has 2 atom stereocenters. The van der Waals surface area contributed by atoms with Gasteiger partial charge in [0, 0.05) is 18.2 Å². The third-order valence-electron chi connectivity index (χ3n) is 4.27. The van der Waals surface area contributed by atoms with E-state index < -0.39 is 0 Å². The van der Waals surface area contributed by atoms with E-state index in [2.05, 4.69) is 4.90 Å². The molecule has 2 heteroatoms. The van der Waals surface area contributed by atoms with Crippen molar-refractivity contribution in [1.29, 1.82) is 0 Å². The van der Waals surface area contributed by atoms with E-state index in [0.29, 0.717) is 6.04 Å². The highest BCUT2D eigenvalue weighted by Gasteiger charge is 2.37. The van der Waals surface area contributed by atoms with Crippen LogP contribution in [-0.2, 0) is 0 Å². The van der Waals surface area contributed by atoms with E-state index in [1.807, 2.05) is 30.3 Å². The zero-order valence-corrected chi connectivity index (χ0v) is 10.1. The highest BCUT2D eigenvalue weighted by molar-refractivity contribution is 5.94. The van der Waals surface area contributed by atoms with E-state index in [4.69, 9.17) is 0 Å². The molecule has 0 bridgehead atoms. The maximum Gasteiger partial charge on any atom is 0.254 e. The van der Waals surface area contributed by atoms with Gasteiger partial charge in [-0.05, 0) is 43.7 Å². The second-order valence-corrected chi connectivity index (χ2v) is 5.27. The van der Waals surface area contributed by atoms with E-state index in [0.717, 1.165) is 18.0 Å². The molecule has 3 rings (SSSR count). The van der Waals surface area contributed by atoms with Crippen LogP contribution in [0.2, 0.25) is 0 Å². The van der Waals surface area contributed by atoms with Gasteiger partial charge in [0.2, 0.25) is 0 Å². The monoisotopic (exact) mass is 229 g/mol. The van der Waals surface area contributed by atoms with E-state index in [1.165, 1.54) is 32.1 Å². The Morgan fingerprint density at radius 3 is 2.65 bits per heavy atom. The molecule has 1 aliphatic heterocycles. The minimum absolute atomic E-state index is 0.238. The number of hydrogen-bond acceptors (Lipinski definition) is 1. The summed E-state index contributed by atoms with van der Waals surface area (Å²) >= 11 is 0. The smallest absolute Gasteiger partial charge is 0.254 e. The third-order valence-corrected chi connectivity index (χ3v) is 4.27. The van der Waals surface area contributed by atoms with Gasteiger partial charge in [-0.25, -0.2) is 0 Å². The number of amides is 1. The molecular formula is C15H19NO. The number of nitrogens with zero attached hydrogens (tertiary/aromatic N) is 1. The lowest BCUT2D eigenvalue weighted by molar-refractivity contribution is 0.0548. The summed E-state index contributed by atoms with van der Waals surface area (Å²) in [6.45, 7) is 0.953. The Balaban J connectivity index is 1.81. The molecule has 1 amide bonds. The minimum atomic E-state index is 0.238. The molecule has 17 heavy (non-hydrogen) atoms. The van der Waals surface area contributed by atoms with Crippen molar-refractivity contribution in [2.45, 2.75) is 38.1 Å². The van der Waals surface area contributed by atoms with Gasteiger partial charge in [0.1, 0.15) is 0 Å². The zero-order chi connectivity index (χ0) is 11.7. The Morgan fingerprint density at radius 1 is 1.06 bits per heavy atom. The van der Waals surface area contributed by atoms with Gasteiger partial charge in [0.05, 0.1) is 0 Å². The Hall–Kier alpha value is -1.31. The van der Waals surface area contributed by atoms with Crippen LogP contribution in [0, 0.1) is 5.92 Å². The lowest BCUT2D eigenvalue weighted by atomic mass is 9.91. The van der Waals surface area contributed by atoms with E-state index in [-0.39, 0.29) is 5.91 Å². The fraction of sp³-hybridized carbons (Fsp3) is 0.533. The number of hydrogen-bond donors (Lipinski definition) is 0. The molecule has 2 aliphatic rings. The lowest BCUT2D eigenvalue weighted by Gasteiger charge is -2.37. The summed E-state index contributed by atoms with van der Waals surface area (Å²) in [5, 5.41) is 0. The van der Waals surface area contributed by atoms with Gasteiger partial charge < -0.3 is 4.90 Å². The molecule has 2 fully saturated rings. The largest absolute Gasteiger partial charge is 0.335 e. The summed E-state index contributed by atoms with van der Waals surface area (Å²) in [6, 6.07) is 10.2. The van der Waals surface area contributed by atoms with Crippen molar-refractivity contribution in [3.63, 3.8) is 0 Å². The standard InChI is InChI=1S/C15H19NO/c17-15(13-6-2-1-3-7-13)16-11-5-9-12-8-4-10-14(12)16/h1-3,6-7,12,14H,4-5,8-11H2/t12-,14+/m1/s1. The average Bonchev–Trinajstić information content (AvgIpc) is 2.87. The SMILES string of the molecule is O=C(c1ccccc1)N1CCC[C@H]2CCC[C@@H]21. The number of benzene rings is 1. The van der Waals surface area contributed by atoms with Crippen LogP contribution >= 0.6 is 0 Å². The molecule has 1 heterocycles. The average molecular weight is 229 g/mol. The molecule has 1 saturated heterocycles. The lowest BCUT2D eigenvalue weighted by Crippen LogP contribution is -2.46. The van der Waals surface area contributed by atoms with Gasteiger partial charge in [-0.15, -0.1) is 0 Å². The summed E-state index contributed by atoms with van der Waals surface area (Å²) in [5.74, 6) is 1.01. The van der Waals surface area contributed by atoms with Crippen LogP contribution in [0.4, 0.5) is 0 Å². The maximum atomic E-state index is 12.5. The predicted octanol–water partition coefficient (Wildman–Crippen LogP) is 3.09. The van der Waals surface area contributed by atoms with Crippen molar-refractivity contribution in [1.82, 2.24) is 4.90 Å². The van der Waals surface area contributed by atoms with Gasteiger partial charge in [-0.2, -0.15) is 0 Å². The first-order chi connectivity index (χ1) is 8.36. The Labute approximate surface area is 103 Å². The molecule has 0 unspecified atom stereocenters. The minimum Gasteiger partial charge on any atom is -0.335 e. The maximum absolute atomic E-state index is 12.5. The van der Waals surface area contributed by atoms with Gasteiger partial charge >= 0.3 is 0 Å². The van der Waals surface area contributed by atoms with Crippen LogP contribution in [0.5, 0.6) is 0 Å². The summed E-state index contributed by atoms with van der Waals surface area (Å²) in [5.41, 5.74) is 0.847. The first-order valence-corrected chi connectivity index (χ1v) is 6.72.